The maximum Gasteiger partial charge on any atom is 0.161 e. The summed E-state index contributed by atoms with van der Waals surface area (Å²) in [6.45, 7) is 3.89. The maximum atomic E-state index is 11.2. The van der Waals surface area contributed by atoms with Gasteiger partial charge in [0.15, 0.2) is 5.78 Å². The van der Waals surface area contributed by atoms with Gasteiger partial charge in [0, 0.05) is 6.42 Å². The van der Waals surface area contributed by atoms with Gasteiger partial charge in [-0.15, -0.1) is 0 Å². The van der Waals surface area contributed by atoms with Gasteiger partial charge in [-0.3, -0.25) is 4.79 Å². The Bertz CT molecular complexity index is 204. The van der Waals surface area contributed by atoms with Crippen LogP contribution in [0, 0.1) is 0 Å². The van der Waals surface area contributed by atoms with Gasteiger partial charge in [0.2, 0.25) is 0 Å². The highest BCUT2D eigenvalue weighted by Gasteiger charge is 2.26. The fraction of sp³-hybridized carbons (Fsp3) is 0.667. The van der Waals surface area contributed by atoms with Crippen molar-refractivity contribution in [3.8, 4) is 0 Å². The van der Waals surface area contributed by atoms with Crippen LogP contribution in [0.4, 0.5) is 0 Å². The average molecular weight is 154 g/mol. The Hall–Kier alpha value is -0.630. The third kappa shape index (κ3) is 1.51. The zero-order valence-electron chi connectivity index (χ0n) is 7.05. The van der Waals surface area contributed by atoms with Crippen molar-refractivity contribution in [3.63, 3.8) is 0 Å². The van der Waals surface area contributed by atoms with Crippen LogP contribution in [-0.4, -0.2) is 17.0 Å². The fourth-order valence-corrected chi connectivity index (χ4v) is 1.46. The van der Waals surface area contributed by atoms with Gasteiger partial charge in [0.1, 0.15) is 0 Å². The summed E-state index contributed by atoms with van der Waals surface area (Å²) in [4.78, 5) is 11.2. The van der Waals surface area contributed by atoms with Gasteiger partial charge < -0.3 is 5.11 Å². The van der Waals surface area contributed by atoms with E-state index < -0.39 is 6.10 Å². The smallest absolute Gasteiger partial charge is 0.161 e. The number of carbonyl (C=O) groups is 1. The van der Waals surface area contributed by atoms with E-state index in [0.717, 1.165) is 24.0 Å². The quantitative estimate of drug-likeness (QED) is 0.653. The Balaban J connectivity index is 2.79. The number of hydrogen-bond donors (Lipinski definition) is 1. The summed E-state index contributed by atoms with van der Waals surface area (Å²) in [5.74, 6) is 0.136. The lowest BCUT2D eigenvalue weighted by Gasteiger charge is -2.00. The molecule has 0 amide bonds. The summed E-state index contributed by atoms with van der Waals surface area (Å²) in [6.07, 6.45) is 1.61. The Kier molecular flexibility index (Phi) is 2.45. The topological polar surface area (TPSA) is 37.3 Å². The molecule has 0 aromatic carbocycles. The van der Waals surface area contributed by atoms with Crippen LogP contribution in [0.15, 0.2) is 11.1 Å². The predicted molar refractivity (Wildman–Crippen MR) is 43.2 cm³/mol. The number of rotatable bonds is 2. The van der Waals surface area contributed by atoms with E-state index in [1.54, 1.807) is 0 Å². The number of hydrogen-bond acceptors (Lipinski definition) is 2. The van der Waals surface area contributed by atoms with Crippen LogP contribution >= 0.6 is 0 Å². The predicted octanol–water partition coefficient (Wildman–Crippen LogP) is 1.44. The van der Waals surface area contributed by atoms with E-state index in [0.29, 0.717) is 6.42 Å². The van der Waals surface area contributed by atoms with Crippen LogP contribution in [0.5, 0.6) is 0 Å². The molecule has 1 aliphatic rings. The third-order valence-corrected chi connectivity index (χ3v) is 2.19. The third-order valence-electron chi connectivity index (χ3n) is 2.19. The van der Waals surface area contributed by atoms with Crippen molar-refractivity contribution < 1.29 is 9.90 Å². The molecule has 62 valence electrons. The molecule has 0 aliphatic heterocycles. The van der Waals surface area contributed by atoms with Crippen molar-refractivity contribution in [1.82, 2.24) is 0 Å². The zero-order valence-corrected chi connectivity index (χ0v) is 7.05. The molecule has 1 N–H and O–H groups in total. The minimum atomic E-state index is -0.496. The summed E-state index contributed by atoms with van der Waals surface area (Å²) in [5, 5.41) is 9.29. The highest BCUT2D eigenvalue weighted by molar-refractivity contribution is 5.99. The highest BCUT2D eigenvalue weighted by Crippen LogP contribution is 2.25. The average Bonchev–Trinajstić information content (AvgIpc) is 2.17. The van der Waals surface area contributed by atoms with E-state index >= 15 is 0 Å². The van der Waals surface area contributed by atoms with Crippen molar-refractivity contribution >= 4 is 5.78 Å². The first-order valence-electron chi connectivity index (χ1n) is 4.07. The Labute approximate surface area is 66.9 Å². The number of ketones is 1. The second-order valence-electron chi connectivity index (χ2n) is 3.05. The number of Topliss-reactive ketones (excluding diaryl/α,β-unsaturated/α-hetero) is 1. The molecule has 0 saturated heterocycles. The molecule has 11 heavy (non-hydrogen) atoms. The summed E-state index contributed by atoms with van der Waals surface area (Å²) < 4.78 is 0. The lowest BCUT2D eigenvalue weighted by Crippen LogP contribution is -2.03. The van der Waals surface area contributed by atoms with Gasteiger partial charge in [-0.25, -0.2) is 0 Å². The molecule has 2 heteroatoms. The largest absolute Gasteiger partial charge is 0.388 e. The summed E-state index contributed by atoms with van der Waals surface area (Å²) in [5.41, 5.74) is 1.75. The standard InChI is InChI=1S/C9H14O2/c1-3-4-7-6(2)8(10)5-9(7)11/h8,10H,3-5H2,1-2H3. The van der Waals surface area contributed by atoms with Gasteiger partial charge in [-0.05, 0) is 24.5 Å². The molecular formula is C9H14O2. The van der Waals surface area contributed by atoms with Crippen molar-refractivity contribution in [2.24, 2.45) is 0 Å². The van der Waals surface area contributed by atoms with Gasteiger partial charge in [-0.2, -0.15) is 0 Å². The fourth-order valence-electron chi connectivity index (χ4n) is 1.46. The van der Waals surface area contributed by atoms with Gasteiger partial charge >= 0.3 is 0 Å². The Morgan fingerprint density at radius 2 is 2.27 bits per heavy atom. The lowest BCUT2D eigenvalue weighted by atomic mass is 10.1. The first kappa shape index (κ1) is 8.47. The van der Waals surface area contributed by atoms with Crippen LogP contribution < -0.4 is 0 Å². The van der Waals surface area contributed by atoms with E-state index in [1.807, 2.05) is 13.8 Å². The molecule has 0 bridgehead atoms. The van der Waals surface area contributed by atoms with Crippen LogP contribution in [0.2, 0.25) is 0 Å². The van der Waals surface area contributed by atoms with Gasteiger partial charge in [0.05, 0.1) is 6.10 Å². The maximum absolute atomic E-state index is 11.2. The molecule has 0 spiro atoms. The molecule has 2 nitrogen and oxygen atoms in total. The number of aliphatic hydroxyl groups excluding tert-OH is 1. The minimum Gasteiger partial charge on any atom is -0.388 e. The van der Waals surface area contributed by atoms with E-state index in [-0.39, 0.29) is 5.78 Å². The van der Waals surface area contributed by atoms with Crippen LogP contribution in [0.1, 0.15) is 33.1 Å². The van der Waals surface area contributed by atoms with E-state index in [9.17, 15) is 9.90 Å². The second kappa shape index (κ2) is 3.18. The first-order valence-corrected chi connectivity index (χ1v) is 4.07. The normalized spacial score (nSPS) is 25.0. The van der Waals surface area contributed by atoms with Crippen LogP contribution in [-0.2, 0) is 4.79 Å². The number of carbonyl (C=O) groups excluding carboxylic acids is 1. The molecule has 1 rings (SSSR count). The van der Waals surface area contributed by atoms with Crippen LogP contribution in [0.3, 0.4) is 0 Å². The van der Waals surface area contributed by atoms with Gasteiger partial charge in [-0.1, -0.05) is 13.3 Å². The number of aliphatic hydroxyl groups is 1. The van der Waals surface area contributed by atoms with Crippen LogP contribution in [0.25, 0.3) is 0 Å². The molecule has 1 aliphatic carbocycles. The molecule has 1 unspecified atom stereocenters. The molecule has 0 aromatic heterocycles. The molecule has 0 heterocycles. The van der Waals surface area contributed by atoms with E-state index in [1.165, 1.54) is 0 Å². The lowest BCUT2D eigenvalue weighted by molar-refractivity contribution is -0.115. The summed E-state index contributed by atoms with van der Waals surface area (Å²) in [7, 11) is 0. The Morgan fingerprint density at radius 1 is 1.64 bits per heavy atom. The van der Waals surface area contributed by atoms with Crippen molar-refractivity contribution in [3.05, 3.63) is 11.1 Å². The first-order chi connectivity index (χ1) is 5.16. The van der Waals surface area contributed by atoms with Crippen molar-refractivity contribution in [2.45, 2.75) is 39.2 Å². The molecule has 0 aromatic rings. The van der Waals surface area contributed by atoms with Crippen molar-refractivity contribution in [2.75, 3.05) is 0 Å². The van der Waals surface area contributed by atoms with E-state index in [4.69, 9.17) is 0 Å². The van der Waals surface area contributed by atoms with Gasteiger partial charge in [0.25, 0.3) is 0 Å². The molecular weight excluding hydrogens is 140 g/mol. The monoisotopic (exact) mass is 154 g/mol. The highest BCUT2D eigenvalue weighted by atomic mass is 16.3. The number of allylic oxidation sites excluding steroid dienone is 1. The minimum absolute atomic E-state index is 0.136. The Morgan fingerprint density at radius 3 is 2.64 bits per heavy atom. The molecule has 0 saturated carbocycles. The molecule has 0 radical (unpaired) electrons. The molecule has 0 fully saturated rings. The summed E-state index contributed by atoms with van der Waals surface area (Å²) >= 11 is 0. The zero-order chi connectivity index (χ0) is 8.43. The second-order valence-corrected chi connectivity index (χ2v) is 3.05. The molecule has 1 atom stereocenters. The van der Waals surface area contributed by atoms with Crippen molar-refractivity contribution in [1.29, 1.82) is 0 Å². The SMILES string of the molecule is CCCC1=C(C)C(O)CC1=O. The van der Waals surface area contributed by atoms with E-state index in [2.05, 4.69) is 0 Å². The summed E-state index contributed by atoms with van der Waals surface area (Å²) in [6, 6.07) is 0.